The van der Waals surface area contributed by atoms with Crippen LogP contribution in [0.2, 0.25) is 0 Å². The van der Waals surface area contributed by atoms with E-state index in [-0.39, 0.29) is 18.4 Å². The van der Waals surface area contributed by atoms with Crippen molar-refractivity contribution in [3.05, 3.63) is 53.0 Å². The topological polar surface area (TPSA) is 72.4 Å². The smallest absolute Gasteiger partial charge is 0.268 e. The Labute approximate surface area is 149 Å². The number of anilines is 1. The number of aromatic nitrogens is 1. The number of nitrogens with zero attached hydrogens (tertiary/aromatic N) is 1. The SMILES string of the molecule is COCc1cccc(NC(=O)CNC(=O)c2cc3sccc3n2C)c1. The average molecular weight is 357 g/mol. The lowest BCUT2D eigenvalue weighted by Gasteiger charge is -2.09. The van der Waals surface area contributed by atoms with Gasteiger partial charge in [-0.1, -0.05) is 12.1 Å². The summed E-state index contributed by atoms with van der Waals surface area (Å²) in [7, 11) is 3.46. The Morgan fingerprint density at radius 3 is 2.84 bits per heavy atom. The molecule has 0 aliphatic carbocycles. The summed E-state index contributed by atoms with van der Waals surface area (Å²) < 4.78 is 7.95. The number of carbonyl (C=O) groups excluding carboxylic acids is 2. The van der Waals surface area contributed by atoms with Gasteiger partial charge in [-0.15, -0.1) is 11.3 Å². The molecule has 0 saturated heterocycles. The van der Waals surface area contributed by atoms with E-state index in [1.165, 1.54) is 0 Å². The number of methoxy groups -OCH3 is 1. The monoisotopic (exact) mass is 357 g/mol. The second-order valence-corrected chi connectivity index (χ2v) is 6.57. The molecule has 0 spiro atoms. The molecule has 0 radical (unpaired) electrons. The highest BCUT2D eigenvalue weighted by Gasteiger charge is 2.15. The van der Waals surface area contributed by atoms with Crippen molar-refractivity contribution in [1.29, 1.82) is 0 Å². The predicted molar refractivity (Wildman–Crippen MR) is 98.9 cm³/mol. The number of thiophene rings is 1. The molecule has 2 N–H and O–H groups in total. The number of nitrogens with one attached hydrogen (secondary N) is 2. The summed E-state index contributed by atoms with van der Waals surface area (Å²) in [4.78, 5) is 24.4. The maximum absolute atomic E-state index is 12.3. The van der Waals surface area contributed by atoms with Gasteiger partial charge < -0.3 is 19.9 Å². The number of hydrogen-bond acceptors (Lipinski definition) is 4. The van der Waals surface area contributed by atoms with E-state index in [0.717, 1.165) is 15.8 Å². The van der Waals surface area contributed by atoms with Gasteiger partial charge in [-0.3, -0.25) is 9.59 Å². The standard InChI is InChI=1S/C18H19N3O3S/c1-21-14-6-7-25-16(14)9-15(21)18(23)19-10-17(22)20-13-5-3-4-12(8-13)11-24-2/h3-9H,10-11H2,1-2H3,(H,19,23)(H,20,22). The third-order valence-corrected chi connectivity index (χ3v) is 4.68. The molecule has 0 unspecified atom stereocenters. The van der Waals surface area contributed by atoms with Crippen LogP contribution in [0.4, 0.5) is 5.69 Å². The first-order valence-electron chi connectivity index (χ1n) is 7.77. The summed E-state index contributed by atoms with van der Waals surface area (Å²) >= 11 is 1.58. The van der Waals surface area contributed by atoms with Crippen LogP contribution in [-0.2, 0) is 23.2 Å². The van der Waals surface area contributed by atoms with E-state index in [1.807, 2.05) is 47.3 Å². The predicted octanol–water partition coefficient (Wildman–Crippen LogP) is 2.75. The molecule has 7 heteroatoms. The number of ether oxygens (including phenoxy) is 1. The molecule has 2 heterocycles. The Morgan fingerprint density at radius 1 is 1.24 bits per heavy atom. The van der Waals surface area contributed by atoms with Crippen molar-refractivity contribution in [2.75, 3.05) is 19.0 Å². The van der Waals surface area contributed by atoms with Gasteiger partial charge in [0.15, 0.2) is 0 Å². The Balaban J connectivity index is 1.58. The number of carbonyl (C=O) groups is 2. The van der Waals surface area contributed by atoms with Crippen molar-refractivity contribution < 1.29 is 14.3 Å². The quantitative estimate of drug-likeness (QED) is 0.712. The zero-order valence-corrected chi connectivity index (χ0v) is 14.9. The van der Waals surface area contributed by atoms with Crippen LogP contribution >= 0.6 is 11.3 Å². The highest BCUT2D eigenvalue weighted by molar-refractivity contribution is 7.17. The molecule has 25 heavy (non-hydrogen) atoms. The average Bonchev–Trinajstić information content (AvgIpc) is 3.17. The van der Waals surface area contributed by atoms with Crippen LogP contribution in [0.1, 0.15) is 16.1 Å². The van der Waals surface area contributed by atoms with Crippen LogP contribution in [0.15, 0.2) is 41.8 Å². The molecule has 3 aromatic rings. The van der Waals surface area contributed by atoms with E-state index in [1.54, 1.807) is 24.5 Å². The second-order valence-electron chi connectivity index (χ2n) is 5.62. The van der Waals surface area contributed by atoms with Crippen LogP contribution in [0.25, 0.3) is 10.2 Å². The van der Waals surface area contributed by atoms with Crippen molar-refractivity contribution in [2.24, 2.45) is 7.05 Å². The minimum atomic E-state index is -0.279. The van der Waals surface area contributed by atoms with Crippen molar-refractivity contribution in [1.82, 2.24) is 9.88 Å². The Bertz CT molecular complexity index is 913. The van der Waals surface area contributed by atoms with Crippen molar-refractivity contribution >= 4 is 39.1 Å². The lowest BCUT2D eigenvalue weighted by atomic mass is 10.2. The Kier molecular flexibility index (Phi) is 5.16. The van der Waals surface area contributed by atoms with Gasteiger partial charge in [0.2, 0.25) is 5.91 Å². The first-order chi connectivity index (χ1) is 12.1. The van der Waals surface area contributed by atoms with E-state index in [2.05, 4.69) is 10.6 Å². The molecule has 0 atom stereocenters. The first-order valence-corrected chi connectivity index (χ1v) is 8.65. The van der Waals surface area contributed by atoms with E-state index in [9.17, 15) is 9.59 Å². The molecule has 0 fully saturated rings. The number of benzene rings is 1. The van der Waals surface area contributed by atoms with Crippen LogP contribution in [0, 0.1) is 0 Å². The molecule has 0 bridgehead atoms. The lowest BCUT2D eigenvalue weighted by molar-refractivity contribution is -0.115. The van der Waals surface area contributed by atoms with Crippen molar-refractivity contribution in [3.8, 4) is 0 Å². The zero-order valence-electron chi connectivity index (χ0n) is 14.0. The minimum Gasteiger partial charge on any atom is -0.380 e. The molecule has 0 aliphatic rings. The van der Waals surface area contributed by atoms with E-state index in [4.69, 9.17) is 4.74 Å². The Morgan fingerprint density at radius 2 is 2.08 bits per heavy atom. The molecular weight excluding hydrogens is 338 g/mol. The third-order valence-electron chi connectivity index (χ3n) is 3.83. The van der Waals surface area contributed by atoms with Gasteiger partial charge in [-0.05, 0) is 35.2 Å². The van der Waals surface area contributed by atoms with Crippen LogP contribution in [-0.4, -0.2) is 30.0 Å². The minimum absolute atomic E-state index is 0.0911. The maximum atomic E-state index is 12.3. The number of rotatable bonds is 6. The largest absolute Gasteiger partial charge is 0.380 e. The van der Waals surface area contributed by atoms with Gasteiger partial charge in [0.1, 0.15) is 5.69 Å². The van der Waals surface area contributed by atoms with Gasteiger partial charge in [0.05, 0.1) is 23.4 Å². The molecule has 0 saturated carbocycles. The normalized spacial score (nSPS) is 10.8. The maximum Gasteiger partial charge on any atom is 0.268 e. The van der Waals surface area contributed by atoms with Gasteiger partial charge in [0, 0.05) is 19.8 Å². The highest BCUT2D eigenvalue weighted by Crippen LogP contribution is 2.23. The van der Waals surface area contributed by atoms with Crippen LogP contribution < -0.4 is 10.6 Å². The van der Waals surface area contributed by atoms with Crippen molar-refractivity contribution in [2.45, 2.75) is 6.61 Å². The Hall–Kier alpha value is -2.64. The third kappa shape index (κ3) is 3.89. The molecule has 6 nitrogen and oxygen atoms in total. The number of hydrogen-bond donors (Lipinski definition) is 2. The lowest BCUT2D eigenvalue weighted by Crippen LogP contribution is -2.33. The van der Waals surface area contributed by atoms with Crippen LogP contribution in [0.3, 0.4) is 0 Å². The van der Waals surface area contributed by atoms with Gasteiger partial charge >= 0.3 is 0 Å². The number of aryl methyl sites for hydroxylation is 1. The molecule has 0 aliphatic heterocycles. The van der Waals surface area contributed by atoms with Crippen LogP contribution in [0.5, 0.6) is 0 Å². The van der Waals surface area contributed by atoms with E-state index < -0.39 is 0 Å². The van der Waals surface area contributed by atoms with E-state index >= 15 is 0 Å². The van der Waals surface area contributed by atoms with Gasteiger partial charge in [0.25, 0.3) is 5.91 Å². The summed E-state index contributed by atoms with van der Waals surface area (Å²) in [6.07, 6.45) is 0. The molecule has 2 aromatic heterocycles. The summed E-state index contributed by atoms with van der Waals surface area (Å²) in [5.74, 6) is -0.548. The second kappa shape index (κ2) is 7.50. The summed E-state index contributed by atoms with van der Waals surface area (Å²) in [5.41, 5.74) is 3.19. The number of amides is 2. The fourth-order valence-electron chi connectivity index (χ4n) is 2.63. The van der Waals surface area contributed by atoms with Gasteiger partial charge in [-0.2, -0.15) is 0 Å². The highest BCUT2D eigenvalue weighted by atomic mass is 32.1. The fraction of sp³-hybridized carbons (Fsp3) is 0.222. The number of fused-ring (bicyclic) bond motifs is 1. The summed E-state index contributed by atoms with van der Waals surface area (Å²) in [6, 6.07) is 11.2. The van der Waals surface area contributed by atoms with Gasteiger partial charge in [-0.25, -0.2) is 0 Å². The molecular formula is C18H19N3O3S. The molecule has 1 aromatic carbocycles. The summed E-state index contributed by atoms with van der Waals surface area (Å²) in [5, 5.41) is 7.41. The molecule has 130 valence electrons. The zero-order chi connectivity index (χ0) is 17.8. The molecule has 2 amide bonds. The van der Waals surface area contributed by atoms with Crippen molar-refractivity contribution in [3.63, 3.8) is 0 Å². The molecule has 3 rings (SSSR count). The fourth-order valence-corrected chi connectivity index (χ4v) is 3.48. The summed E-state index contributed by atoms with van der Waals surface area (Å²) in [6.45, 7) is 0.386. The van der Waals surface area contributed by atoms with E-state index in [0.29, 0.717) is 18.0 Å². The first kappa shape index (κ1) is 17.2.